The fourth-order valence-electron chi connectivity index (χ4n) is 1.84. The van der Waals surface area contributed by atoms with E-state index in [9.17, 15) is 8.42 Å². The first-order valence-electron chi connectivity index (χ1n) is 5.55. The summed E-state index contributed by atoms with van der Waals surface area (Å²) < 4.78 is 26.7. The molecule has 1 fully saturated rings. The van der Waals surface area contributed by atoms with E-state index in [2.05, 4.69) is 4.72 Å². The fraction of sp³-hybridized carbons (Fsp3) is 0.455. The van der Waals surface area contributed by atoms with Gasteiger partial charge in [0.05, 0.1) is 11.1 Å². The van der Waals surface area contributed by atoms with Crippen molar-refractivity contribution in [3.05, 3.63) is 22.7 Å². The summed E-state index contributed by atoms with van der Waals surface area (Å²) in [6, 6.07) is 2.65. The van der Waals surface area contributed by atoms with E-state index in [4.69, 9.17) is 22.4 Å². The van der Waals surface area contributed by atoms with Crippen molar-refractivity contribution in [3.8, 4) is 0 Å². The molecule has 0 radical (unpaired) electrons. The number of nitrogens with one attached hydrogen (secondary N) is 1. The Morgan fingerprint density at radius 1 is 1.44 bits per heavy atom. The van der Waals surface area contributed by atoms with Gasteiger partial charge < -0.3 is 10.8 Å². The summed E-state index contributed by atoms with van der Waals surface area (Å²) >= 11 is 5.94. The van der Waals surface area contributed by atoms with Gasteiger partial charge in [-0.3, -0.25) is 0 Å². The van der Waals surface area contributed by atoms with Crippen molar-refractivity contribution in [1.82, 2.24) is 4.72 Å². The largest absolute Gasteiger partial charge is 0.398 e. The SMILES string of the molecule is Cc1cc(Cl)c(S(=O)(=O)NC2CC(O)C2)cc1N. The second-order valence-electron chi connectivity index (χ2n) is 4.58. The van der Waals surface area contributed by atoms with Crippen LogP contribution in [-0.4, -0.2) is 25.7 Å². The Balaban J connectivity index is 2.27. The average Bonchev–Trinajstić information content (AvgIpc) is 2.20. The van der Waals surface area contributed by atoms with Crippen LogP contribution in [0.25, 0.3) is 0 Å². The summed E-state index contributed by atoms with van der Waals surface area (Å²) in [6.07, 6.45) is 0.437. The molecule has 1 aliphatic rings. The van der Waals surface area contributed by atoms with Gasteiger partial charge in [-0.05, 0) is 37.5 Å². The number of aliphatic hydroxyl groups is 1. The van der Waals surface area contributed by atoms with Gasteiger partial charge in [0, 0.05) is 11.7 Å². The number of anilines is 1. The lowest BCUT2D eigenvalue weighted by Crippen LogP contribution is -2.46. The lowest BCUT2D eigenvalue weighted by atomic mass is 9.91. The van der Waals surface area contributed by atoms with Crippen LogP contribution in [0.15, 0.2) is 17.0 Å². The molecule has 5 nitrogen and oxygen atoms in total. The van der Waals surface area contributed by atoms with Crippen LogP contribution in [0, 0.1) is 6.92 Å². The molecule has 0 aliphatic heterocycles. The Morgan fingerprint density at radius 2 is 2.06 bits per heavy atom. The van der Waals surface area contributed by atoms with Gasteiger partial charge in [0.15, 0.2) is 0 Å². The topological polar surface area (TPSA) is 92.4 Å². The Labute approximate surface area is 111 Å². The third-order valence-electron chi connectivity index (χ3n) is 3.05. The predicted molar refractivity (Wildman–Crippen MR) is 70.0 cm³/mol. The van der Waals surface area contributed by atoms with Crippen molar-refractivity contribution in [1.29, 1.82) is 0 Å². The molecule has 0 aromatic heterocycles. The molecule has 0 atom stereocenters. The molecular weight excluding hydrogens is 276 g/mol. The fourth-order valence-corrected chi connectivity index (χ4v) is 3.72. The van der Waals surface area contributed by atoms with E-state index in [0.29, 0.717) is 18.5 Å². The first kappa shape index (κ1) is 13.6. The van der Waals surface area contributed by atoms with Gasteiger partial charge in [0.2, 0.25) is 10.0 Å². The van der Waals surface area contributed by atoms with Gasteiger partial charge in [-0.2, -0.15) is 0 Å². The number of hydrogen-bond acceptors (Lipinski definition) is 4. The third kappa shape index (κ3) is 2.61. The van der Waals surface area contributed by atoms with Crippen LogP contribution in [0.3, 0.4) is 0 Å². The normalized spacial score (nSPS) is 23.7. The molecule has 1 aromatic rings. The molecule has 1 aliphatic carbocycles. The maximum Gasteiger partial charge on any atom is 0.242 e. The molecule has 100 valence electrons. The summed E-state index contributed by atoms with van der Waals surface area (Å²) in [7, 11) is -3.69. The first-order chi connectivity index (χ1) is 8.29. The summed E-state index contributed by atoms with van der Waals surface area (Å²) in [4.78, 5) is -0.0198. The first-order valence-corrected chi connectivity index (χ1v) is 7.41. The lowest BCUT2D eigenvalue weighted by molar-refractivity contribution is 0.0712. The van der Waals surface area contributed by atoms with Gasteiger partial charge in [-0.15, -0.1) is 0 Å². The molecule has 1 aromatic carbocycles. The number of hydrogen-bond donors (Lipinski definition) is 3. The van der Waals surface area contributed by atoms with Crippen molar-refractivity contribution >= 4 is 27.3 Å². The zero-order chi connectivity index (χ0) is 13.5. The van der Waals surface area contributed by atoms with E-state index < -0.39 is 16.1 Å². The number of nitrogen functional groups attached to an aromatic ring is 1. The third-order valence-corrected chi connectivity index (χ3v) is 5.03. The Bertz CT molecular complexity index is 568. The van der Waals surface area contributed by atoms with Crippen molar-refractivity contribution in [2.24, 2.45) is 0 Å². The molecule has 4 N–H and O–H groups in total. The van der Waals surface area contributed by atoms with E-state index >= 15 is 0 Å². The monoisotopic (exact) mass is 290 g/mol. The van der Waals surface area contributed by atoms with E-state index in [1.165, 1.54) is 12.1 Å². The minimum absolute atomic E-state index is 0.0198. The summed E-state index contributed by atoms with van der Waals surface area (Å²) in [5, 5.41) is 9.29. The smallest absolute Gasteiger partial charge is 0.242 e. The standard InChI is InChI=1S/C11H15ClN2O3S/c1-6-2-9(12)11(5-10(6)13)18(16,17)14-7-3-8(15)4-7/h2,5,7-8,14-15H,3-4,13H2,1H3. The number of benzene rings is 1. The van der Waals surface area contributed by atoms with Crippen molar-refractivity contribution in [2.45, 2.75) is 36.8 Å². The lowest BCUT2D eigenvalue weighted by Gasteiger charge is -2.31. The van der Waals surface area contributed by atoms with Gasteiger partial charge in [0.1, 0.15) is 4.90 Å². The highest BCUT2D eigenvalue weighted by molar-refractivity contribution is 7.89. The van der Waals surface area contributed by atoms with Crippen LogP contribution in [0.2, 0.25) is 5.02 Å². The van der Waals surface area contributed by atoms with E-state index in [1.54, 1.807) is 6.92 Å². The molecule has 0 amide bonds. The van der Waals surface area contributed by atoms with E-state index in [0.717, 1.165) is 5.56 Å². The maximum atomic E-state index is 12.1. The molecule has 0 unspecified atom stereocenters. The predicted octanol–water partition coefficient (Wildman–Crippen LogP) is 1.03. The molecule has 0 bridgehead atoms. The van der Waals surface area contributed by atoms with Gasteiger partial charge in [-0.25, -0.2) is 13.1 Å². The highest BCUT2D eigenvalue weighted by atomic mass is 35.5. The summed E-state index contributed by atoms with van der Waals surface area (Å²) in [6.45, 7) is 1.76. The van der Waals surface area contributed by atoms with Crippen LogP contribution < -0.4 is 10.5 Å². The molecule has 1 saturated carbocycles. The maximum absolute atomic E-state index is 12.1. The molecular formula is C11H15ClN2O3S. The number of rotatable bonds is 3. The Hall–Kier alpha value is -0.820. The van der Waals surface area contributed by atoms with Crippen LogP contribution in [0.1, 0.15) is 18.4 Å². The number of aryl methyl sites for hydroxylation is 1. The van der Waals surface area contributed by atoms with Crippen LogP contribution in [0.4, 0.5) is 5.69 Å². The minimum atomic E-state index is -3.69. The Kier molecular flexibility index (Phi) is 3.55. The van der Waals surface area contributed by atoms with Crippen LogP contribution in [0.5, 0.6) is 0 Å². The Morgan fingerprint density at radius 3 is 2.61 bits per heavy atom. The highest BCUT2D eigenvalue weighted by Crippen LogP contribution is 2.28. The highest BCUT2D eigenvalue weighted by Gasteiger charge is 2.32. The molecule has 0 saturated heterocycles. The molecule has 2 rings (SSSR count). The van der Waals surface area contributed by atoms with Crippen molar-refractivity contribution in [3.63, 3.8) is 0 Å². The quantitative estimate of drug-likeness (QED) is 0.725. The number of halogens is 1. The van der Waals surface area contributed by atoms with E-state index in [-0.39, 0.29) is 16.0 Å². The summed E-state index contributed by atoms with van der Waals surface area (Å²) in [5.74, 6) is 0. The second kappa shape index (κ2) is 4.70. The molecule has 18 heavy (non-hydrogen) atoms. The second-order valence-corrected chi connectivity index (χ2v) is 6.67. The van der Waals surface area contributed by atoms with Crippen LogP contribution in [-0.2, 0) is 10.0 Å². The average molecular weight is 291 g/mol. The van der Waals surface area contributed by atoms with Crippen molar-refractivity contribution in [2.75, 3.05) is 5.73 Å². The number of aliphatic hydroxyl groups excluding tert-OH is 1. The van der Waals surface area contributed by atoms with Gasteiger partial charge in [0.25, 0.3) is 0 Å². The number of sulfonamides is 1. The van der Waals surface area contributed by atoms with Crippen LogP contribution >= 0.6 is 11.6 Å². The van der Waals surface area contributed by atoms with Crippen molar-refractivity contribution < 1.29 is 13.5 Å². The number of nitrogens with two attached hydrogens (primary N) is 1. The summed E-state index contributed by atoms with van der Waals surface area (Å²) in [5.41, 5.74) is 6.81. The van der Waals surface area contributed by atoms with E-state index in [1.807, 2.05) is 0 Å². The minimum Gasteiger partial charge on any atom is -0.398 e. The van der Waals surface area contributed by atoms with Gasteiger partial charge in [-0.1, -0.05) is 11.6 Å². The molecule has 7 heteroatoms. The van der Waals surface area contributed by atoms with Gasteiger partial charge >= 0.3 is 0 Å². The molecule has 0 heterocycles. The molecule has 0 spiro atoms. The zero-order valence-electron chi connectivity index (χ0n) is 9.85. The zero-order valence-corrected chi connectivity index (χ0v) is 11.4.